The zero-order valence-electron chi connectivity index (χ0n) is 13.8. The van der Waals surface area contributed by atoms with E-state index in [4.69, 9.17) is 11.6 Å². The van der Waals surface area contributed by atoms with Gasteiger partial charge < -0.3 is 9.80 Å². The van der Waals surface area contributed by atoms with E-state index >= 15 is 0 Å². The second-order valence-corrected chi connectivity index (χ2v) is 8.14. The van der Waals surface area contributed by atoms with Crippen molar-refractivity contribution in [2.45, 2.75) is 38.5 Å². The number of carbonyl (C=O) groups excluding carboxylic acids is 1. The summed E-state index contributed by atoms with van der Waals surface area (Å²) < 4.78 is 14.3. The van der Waals surface area contributed by atoms with Crippen LogP contribution in [0, 0.1) is 17.2 Å². The Balaban J connectivity index is 1.51. The minimum absolute atomic E-state index is 0.0782. The van der Waals surface area contributed by atoms with Crippen molar-refractivity contribution in [3.63, 3.8) is 0 Å². The molecule has 1 spiro atoms. The van der Waals surface area contributed by atoms with Gasteiger partial charge in [-0.25, -0.2) is 9.37 Å². The molecule has 3 heterocycles. The topological polar surface area (TPSA) is 36.4 Å². The van der Waals surface area contributed by atoms with Crippen LogP contribution in [0.3, 0.4) is 0 Å². The lowest BCUT2D eigenvalue weighted by Crippen LogP contribution is -2.54. The number of rotatable bonds is 3. The van der Waals surface area contributed by atoms with Crippen LogP contribution in [0.15, 0.2) is 12.3 Å². The molecule has 1 aromatic heterocycles. The summed E-state index contributed by atoms with van der Waals surface area (Å²) in [5.41, 5.74) is 0.0782. The van der Waals surface area contributed by atoms with Gasteiger partial charge in [0.05, 0.1) is 5.02 Å². The number of nitrogens with zero attached hydrogens (tertiary/aromatic N) is 3. The molecule has 3 fully saturated rings. The minimum Gasteiger partial charge on any atom is -0.354 e. The summed E-state index contributed by atoms with van der Waals surface area (Å²) in [4.78, 5) is 20.6. The molecule has 2 aliphatic heterocycles. The quantitative estimate of drug-likeness (QED) is 0.836. The first-order valence-electron chi connectivity index (χ1n) is 8.88. The molecule has 3 aliphatic rings. The third-order valence-electron chi connectivity index (χ3n) is 5.67. The van der Waals surface area contributed by atoms with Gasteiger partial charge in [-0.1, -0.05) is 11.6 Å². The van der Waals surface area contributed by atoms with E-state index in [-0.39, 0.29) is 11.2 Å². The predicted molar refractivity (Wildman–Crippen MR) is 91.6 cm³/mol. The van der Waals surface area contributed by atoms with E-state index in [0.717, 1.165) is 45.4 Å². The third-order valence-corrected chi connectivity index (χ3v) is 5.88. The number of likely N-dealkylation sites (tertiary alicyclic amines) is 1. The number of hydrogen-bond donors (Lipinski definition) is 0. The molecule has 0 aromatic carbocycles. The van der Waals surface area contributed by atoms with Crippen molar-refractivity contribution in [2.24, 2.45) is 11.3 Å². The maximum absolute atomic E-state index is 14.3. The van der Waals surface area contributed by atoms with E-state index in [1.54, 1.807) is 0 Å². The number of piperidine rings is 2. The van der Waals surface area contributed by atoms with Gasteiger partial charge in [0.2, 0.25) is 5.91 Å². The molecule has 0 N–H and O–H groups in total. The van der Waals surface area contributed by atoms with Crippen LogP contribution in [0.1, 0.15) is 38.5 Å². The van der Waals surface area contributed by atoms with Gasteiger partial charge in [-0.3, -0.25) is 4.79 Å². The Labute approximate surface area is 147 Å². The normalized spacial score (nSPS) is 27.8. The highest BCUT2D eigenvalue weighted by atomic mass is 35.5. The summed E-state index contributed by atoms with van der Waals surface area (Å²) in [5, 5.41) is 0.321. The second kappa shape index (κ2) is 6.17. The molecule has 0 radical (unpaired) electrons. The van der Waals surface area contributed by atoms with Gasteiger partial charge in [0.1, 0.15) is 0 Å². The summed E-state index contributed by atoms with van der Waals surface area (Å²) in [7, 11) is 0. The van der Waals surface area contributed by atoms with Crippen molar-refractivity contribution in [3.8, 4) is 0 Å². The first-order valence-corrected chi connectivity index (χ1v) is 9.26. The van der Waals surface area contributed by atoms with E-state index in [1.165, 1.54) is 25.1 Å². The highest BCUT2D eigenvalue weighted by Gasteiger charge is 2.43. The molecule has 1 aromatic rings. The number of amides is 1. The maximum atomic E-state index is 14.3. The Morgan fingerprint density at radius 3 is 2.92 bits per heavy atom. The van der Waals surface area contributed by atoms with Gasteiger partial charge in [-0.15, -0.1) is 0 Å². The number of pyridine rings is 1. The fourth-order valence-electron chi connectivity index (χ4n) is 4.24. The van der Waals surface area contributed by atoms with Gasteiger partial charge in [0.25, 0.3) is 0 Å². The van der Waals surface area contributed by atoms with Crippen molar-refractivity contribution < 1.29 is 9.18 Å². The Kier molecular flexibility index (Phi) is 4.15. The summed E-state index contributed by atoms with van der Waals surface area (Å²) >= 11 is 5.82. The molecule has 1 aliphatic carbocycles. The minimum atomic E-state index is -0.360. The number of carbonyl (C=O) groups is 1. The highest BCUT2D eigenvalue weighted by Crippen LogP contribution is 2.41. The molecular weight excluding hydrogens is 329 g/mol. The molecule has 130 valence electrons. The maximum Gasteiger partial charge on any atom is 0.222 e. The number of halogens is 2. The van der Waals surface area contributed by atoms with Crippen molar-refractivity contribution in [1.82, 2.24) is 9.88 Å². The number of aromatic nitrogens is 1. The fourth-order valence-corrected chi connectivity index (χ4v) is 4.39. The van der Waals surface area contributed by atoms with E-state index in [0.29, 0.717) is 29.1 Å². The molecule has 1 amide bonds. The molecule has 24 heavy (non-hydrogen) atoms. The van der Waals surface area contributed by atoms with Crippen LogP contribution in [0.4, 0.5) is 10.2 Å². The molecule has 1 atom stereocenters. The van der Waals surface area contributed by atoms with E-state index < -0.39 is 0 Å². The molecular formula is C18H23ClFN3O. The fraction of sp³-hybridized carbons (Fsp3) is 0.667. The first-order chi connectivity index (χ1) is 11.5. The second-order valence-electron chi connectivity index (χ2n) is 7.70. The van der Waals surface area contributed by atoms with Crippen molar-refractivity contribution in [3.05, 3.63) is 23.1 Å². The summed E-state index contributed by atoms with van der Waals surface area (Å²) in [6.45, 7) is 3.30. The Bertz CT molecular complexity index is 651. The van der Waals surface area contributed by atoms with E-state index in [9.17, 15) is 9.18 Å². The van der Waals surface area contributed by atoms with Gasteiger partial charge in [-0.05, 0) is 44.1 Å². The van der Waals surface area contributed by atoms with Crippen LogP contribution in [0.25, 0.3) is 0 Å². The summed E-state index contributed by atoms with van der Waals surface area (Å²) in [6.07, 6.45) is 7.65. The standard InChI is InChI=1S/C18H23ClFN3O/c19-14-8-15(20)17(21-9-14)22-7-1-5-18(11-22)6-4-16(24)23(12-18)10-13-2-3-13/h8-9,13H,1-7,10-12H2/t18-/m0/s1. The van der Waals surface area contributed by atoms with Crippen molar-refractivity contribution in [1.29, 1.82) is 0 Å². The molecule has 1 saturated carbocycles. The lowest BCUT2D eigenvalue weighted by molar-refractivity contribution is -0.138. The van der Waals surface area contributed by atoms with Crippen LogP contribution in [-0.4, -0.2) is 42.0 Å². The third kappa shape index (κ3) is 3.23. The van der Waals surface area contributed by atoms with Crippen LogP contribution >= 0.6 is 11.6 Å². The Hall–Kier alpha value is -1.36. The lowest BCUT2D eigenvalue weighted by Gasteiger charge is -2.48. The summed E-state index contributed by atoms with van der Waals surface area (Å²) in [5.74, 6) is 1.03. The first kappa shape index (κ1) is 16.1. The zero-order valence-corrected chi connectivity index (χ0v) is 14.6. The van der Waals surface area contributed by atoms with Gasteiger partial charge in [0, 0.05) is 44.2 Å². The molecule has 0 unspecified atom stereocenters. The average Bonchev–Trinajstić information content (AvgIpc) is 3.35. The molecule has 4 nitrogen and oxygen atoms in total. The Morgan fingerprint density at radius 2 is 2.17 bits per heavy atom. The largest absolute Gasteiger partial charge is 0.354 e. The Morgan fingerprint density at radius 1 is 1.33 bits per heavy atom. The highest BCUT2D eigenvalue weighted by molar-refractivity contribution is 6.30. The van der Waals surface area contributed by atoms with E-state index in [2.05, 4.69) is 9.88 Å². The van der Waals surface area contributed by atoms with Gasteiger partial charge in [-0.2, -0.15) is 0 Å². The van der Waals surface area contributed by atoms with E-state index in [1.807, 2.05) is 4.90 Å². The molecule has 4 rings (SSSR count). The van der Waals surface area contributed by atoms with Crippen molar-refractivity contribution in [2.75, 3.05) is 31.1 Å². The number of hydrogen-bond acceptors (Lipinski definition) is 3. The van der Waals surface area contributed by atoms with Crippen LogP contribution in [0.5, 0.6) is 0 Å². The molecule has 2 saturated heterocycles. The molecule has 0 bridgehead atoms. The van der Waals surface area contributed by atoms with Crippen LogP contribution in [0.2, 0.25) is 5.02 Å². The van der Waals surface area contributed by atoms with Crippen LogP contribution < -0.4 is 4.90 Å². The monoisotopic (exact) mass is 351 g/mol. The average molecular weight is 352 g/mol. The predicted octanol–water partition coefficient (Wildman–Crippen LogP) is 3.49. The zero-order chi connectivity index (χ0) is 16.7. The molecule has 6 heteroatoms. The lowest BCUT2D eigenvalue weighted by atomic mass is 9.73. The van der Waals surface area contributed by atoms with Crippen LogP contribution in [-0.2, 0) is 4.79 Å². The van der Waals surface area contributed by atoms with Gasteiger partial charge in [0.15, 0.2) is 11.6 Å². The van der Waals surface area contributed by atoms with Gasteiger partial charge >= 0.3 is 0 Å². The number of anilines is 1. The smallest absolute Gasteiger partial charge is 0.222 e. The SMILES string of the molecule is O=C1CC[C@]2(CCCN(c3ncc(Cl)cc3F)C2)CN1CC1CC1. The summed E-state index contributed by atoms with van der Waals surface area (Å²) in [6, 6.07) is 1.33. The van der Waals surface area contributed by atoms with Crippen molar-refractivity contribution >= 4 is 23.3 Å².